The van der Waals surface area contributed by atoms with Gasteiger partial charge in [-0.15, -0.1) is 0 Å². The Morgan fingerprint density at radius 2 is 2.38 bits per heavy atom. The molecule has 0 aliphatic heterocycles. The lowest BCUT2D eigenvalue weighted by molar-refractivity contribution is 0.119. The van der Waals surface area contributed by atoms with Crippen LogP contribution in [0.4, 0.5) is 4.79 Å². The molecule has 1 fully saturated rings. The molecule has 0 aromatic carbocycles. The molecule has 0 spiro atoms. The topological polar surface area (TPSA) is 58.6 Å². The summed E-state index contributed by atoms with van der Waals surface area (Å²) >= 11 is 1.78. The van der Waals surface area contributed by atoms with Gasteiger partial charge in [-0.2, -0.15) is 11.8 Å². The van der Waals surface area contributed by atoms with Gasteiger partial charge in [0.05, 0.1) is 6.61 Å². The fraction of sp³-hybridized carbons (Fsp3) is 0.875. The molecule has 1 aliphatic rings. The largest absolute Gasteiger partial charge is 0.447 e. The van der Waals surface area contributed by atoms with Gasteiger partial charge in [-0.1, -0.05) is 0 Å². The second-order valence-electron chi connectivity index (χ2n) is 3.10. The first-order valence-corrected chi connectivity index (χ1v) is 5.51. The van der Waals surface area contributed by atoms with Crippen molar-refractivity contribution in [1.82, 2.24) is 5.32 Å². The maximum Gasteiger partial charge on any atom is 0.407 e. The second-order valence-corrected chi connectivity index (χ2v) is 4.37. The number of carbonyl (C=O) groups excluding carboxylic acids is 1. The molecule has 0 aromatic rings. The first-order valence-electron chi connectivity index (χ1n) is 4.29. The van der Waals surface area contributed by atoms with Gasteiger partial charge in [0.1, 0.15) is 6.61 Å². The van der Waals surface area contributed by atoms with E-state index < -0.39 is 6.09 Å². The van der Waals surface area contributed by atoms with Crippen LogP contribution < -0.4 is 5.32 Å². The molecule has 76 valence electrons. The number of hydrogen-bond donors (Lipinski definition) is 2. The van der Waals surface area contributed by atoms with Crippen molar-refractivity contribution in [2.75, 3.05) is 26.0 Å². The van der Waals surface area contributed by atoms with Gasteiger partial charge in [-0.3, -0.25) is 0 Å². The Labute approximate surface area is 82.0 Å². The quantitative estimate of drug-likeness (QED) is 0.690. The number of thioether (sulfide) groups is 1. The minimum absolute atomic E-state index is 0.0676. The minimum atomic E-state index is -0.436. The fourth-order valence-corrected chi connectivity index (χ4v) is 1.74. The van der Waals surface area contributed by atoms with Gasteiger partial charge in [0, 0.05) is 11.3 Å². The predicted octanol–water partition coefficient (Wildman–Crippen LogP) is 0.600. The molecule has 1 rings (SSSR count). The molecule has 1 saturated carbocycles. The Bertz CT molecular complexity index is 182. The molecule has 0 radical (unpaired) electrons. The van der Waals surface area contributed by atoms with E-state index in [2.05, 4.69) is 10.1 Å². The number of carbonyl (C=O) groups is 1. The summed E-state index contributed by atoms with van der Waals surface area (Å²) in [5.74, 6) is 0. The van der Waals surface area contributed by atoms with Crippen LogP contribution in [0.25, 0.3) is 0 Å². The Morgan fingerprint density at radius 3 is 2.85 bits per heavy atom. The van der Waals surface area contributed by atoms with E-state index in [1.165, 1.54) is 0 Å². The van der Waals surface area contributed by atoms with Crippen molar-refractivity contribution in [2.24, 2.45) is 0 Å². The predicted molar refractivity (Wildman–Crippen MR) is 51.9 cm³/mol. The van der Waals surface area contributed by atoms with E-state index >= 15 is 0 Å². The number of amides is 1. The van der Waals surface area contributed by atoms with Crippen molar-refractivity contribution in [3.05, 3.63) is 0 Å². The van der Waals surface area contributed by atoms with Gasteiger partial charge in [-0.25, -0.2) is 4.79 Å². The molecule has 1 aliphatic carbocycles. The van der Waals surface area contributed by atoms with Gasteiger partial charge in [0.25, 0.3) is 0 Å². The van der Waals surface area contributed by atoms with Crippen molar-refractivity contribution < 1.29 is 14.6 Å². The van der Waals surface area contributed by atoms with E-state index in [1.807, 2.05) is 6.26 Å². The van der Waals surface area contributed by atoms with Gasteiger partial charge >= 0.3 is 6.09 Å². The summed E-state index contributed by atoms with van der Waals surface area (Å²) in [6.45, 7) is 0.609. The molecule has 13 heavy (non-hydrogen) atoms. The number of nitrogens with one attached hydrogen (secondary N) is 1. The zero-order valence-electron chi connectivity index (χ0n) is 7.71. The highest BCUT2D eigenvalue weighted by molar-refractivity contribution is 8.00. The average Bonchev–Trinajstić information content (AvgIpc) is 2.92. The summed E-state index contributed by atoms with van der Waals surface area (Å²) in [7, 11) is 0. The highest BCUT2D eigenvalue weighted by Gasteiger charge is 2.42. The van der Waals surface area contributed by atoms with Gasteiger partial charge in [-0.05, 0) is 19.1 Å². The molecule has 2 N–H and O–H groups in total. The number of ether oxygens (including phenoxy) is 1. The Kier molecular flexibility index (Phi) is 3.87. The maximum absolute atomic E-state index is 10.9. The van der Waals surface area contributed by atoms with E-state index in [0.29, 0.717) is 6.54 Å². The minimum Gasteiger partial charge on any atom is -0.447 e. The number of hydrogen-bond acceptors (Lipinski definition) is 4. The molecule has 4 nitrogen and oxygen atoms in total. The van der Waals surface area contributed by atoms with Crippen LogP contribution in [0, 0.1) is 0 Å². The zero-order valence-corrected chi connectivity index (χ0v) is 8.52. The van der Waals surface area contributed by atoms with Crippen molar-refractivity contribution in [3.8, 4) is 0 Å². The number of rotatable bonds is 5. The van der Waals surface area contributed by atoms with Crippen molar-refractivity contribution in [2.45, 2.75) is 17.6 Å². The number of aliphatic hydroxyl groups is 1. The third kappa shape index (κ3) is 3.44. The van der Waals surface area contributed by atoms with E-state index in [9.17, 15) is 4.79 Å². The fourth-order valence-electron chi connectivity index (χ4n) is 1.02. The first-order chi connectivity index (χ1) is 6.22. The third-order valence-corrected chi connectivity index (χ3v) is 3.54. The van der Waals surface area contributed by atoms with E-state index in [-0.39, 0.29) is 18.0 Å². The molecule has 0 bridgehead atoms. The third-order valence-electron chi connectivity index (χ3n) is 2.12. The van der Waals surface area contributed by atoms with Crippen molar-refractivity contribution in [1.29, 1.82) is 0 Å². The summed E-state index contributed by atoms with van der Waals surface area (Å²) in [5.41, 5.74) is 0. The van der Waals surface area contributed by atoms with Crippen LogP contribution in [-0.2, 0) is 4.74 Å². The molecule has 5 heteroatoms. The van der Waals surface area contributed by atoms with Crippen LogP contribution in [0.2, 0.25) is 0 Å². The molecular weight excluding hydrogens is 190 g/mol. The van der Waals surface area contributed by atoms with Crippen molar-refractivity contribution >= 4 is 17.9 Å². The lowest BCUT2D eigenvalue weighted by atomic mass is 10.4. The van der Waals surface area contributed by atoms with Gasteiger partial charge < -0.3 is 15.2 Å². The summed E-state index contributed by atoms with van der Waals surface area (Å²) < 4.78 is 4.91. The zero-order chi connectivity index (χ0) is 9.73. The van der Waals surface area contributed by atoms with E-state index in [4.69, 9.17) is 5.11 Å². The second kappa shape index (κ2) is 4.72. The highest BCUT2D eigenvalue weighted by Crippen LogP contribution is 2.46. The summed E-state index contributed by atoms with van der Waals surface area (Å²) in [5, 5.41) is 11.1. The van der Waals surface area contributed by atoms with Crippen LogP contribution in [0.5, 0.6) is 0 Å². The van der Waals surface area contributed by atoms with E-state index in [0.717, 1.165) is 12.8 Å². The Hall–Kier alpha value is -0.420. The molecule has 0 aromatic heterocycles. The smallest absolute Gasteiger partial charge is 0.407 e. The SMILES string of the molecule is CSC1(CNC(=O)OCCO)CC1. The normalized spacial score (nSPS) is 18.0. The van der Waals surface area contributed by atoms with Crippen molar-refractivity contribution in [3.63, 3.8) is 0 Å². The molecule has 0 saturated heterocycles. The van der Waals surface area contributed by atoms with Crippen LogP contribution in [0.3, 0.4) is 0 Å². The molecular formula is C8H15NO3S. The number of alkyl carbamates (subject to hydrolysis) is 1. The molecule has 1 amide bonds. The summed E-state index contributed by atoms with van der Waals surface area (Å²) in [6.07, 6.45) is 3.94. The molecule has 0 atom stereocenters. The van der Waals surface area contributed by atoms with E-state index in [1.54, 1.807) is 11.8 Å². The monoisotopic (exact) mass is 205 g/mol. The average molecular weight is 205 g/mol. The van der Waals surface area contributed by atoms with Crippen LogP contribution in [0.1, 0.15) is 12.8 Å². The Morgan fingerprint density at radius 1 is 1.69 bits per heavy atom. The standard InChI is InChI=1S/C8H15NO3S/c1-13-8(2-3-8)6-9-7(11)12-5-4-10/h10H,2-6H2,1H3,(H,9,11). The Balaban J connectivity index is 2.08. The lowest BCUT2D eigenvalue weighted by Gasteiger charge is -2.12. The van der Waals surface area contributed by atoms with Crippen LogP contribution >= 0.6 is 11.8 Å². The maximum atomic E-state index is 10.9. The van der Waals surface area contributed by atoms with Gasteiger partial charge in [0.15, 0.2) is 0 Å². The molecule has 0 heterocycles. The molecule has 0 unspecified atom stereocenters. The van der Waals surface area contributed by atoms with Gasteiger partial charge in [0.2, 0.25) is 0 Å². The summed E-state index contributed by atoms with van der Waals surface area (Å²) in [6, 6.07) is 0. The highest BCUT2D eigenvalue weighted by atomic mass is 32.2. The number of aliphatic hydroxyl groups excluding tert-OH is 1. The van der Waals surface area contributed by atoms with Crippen LogP contribution in [0.15, 0.2) is 0 Å². The summed E-state index contributed by atoms with van der Waals surface area (Å²) in [4.78, 5) is 10.9. The lowest BCUT2D eigenvalue weighted by Crippen LogP contribution is -2.32. The van der Waals surface area contributed by atoms with Crippen LogP contribution in [-0.4, -0.2) is 42.0 Å². The first kappa shape index (κ1) is 10.7.